The SMILES string of the molecule is CCCCNc1ccccc1CO[SiH](C)C. The van der Waals surface area contributed by atoms with Crippen molar-refractivity contribution in [2.45, 2.75) is 39.5 Å². The first-order chi connectivity index (χ1) is 7.74. The van der Waals surface area contributed by atoms with E-state index in [0.29, 0.717) is 0 Å². The molecule has 0 aliphatic rings. The molecular weight excluding hydrogens is 214 g/mol. The maximum Gasteiger partial charge on any atom is 0.171 e. The second-order valence-electron chi connectivity index (χ2n) is 4.30. The molecule has 0 radical (unpaired) electrons. The van der Waals surface area contributed by atoms with Gasteiger partial charge in [0.2, 0.25) is 0 Å². The fraction of sp³-hybridized carbons (Fsp3) is 0.538. The van der Waals surface area contributed by atoms with Crippen LogP contribution < -0.4 is 5.32 Å². The molecule has 0 saturated heterocycles. The van der Waals surface area contributed by atoms with E-state index in [-0.39, 0.29) is 0 Å². The summed E-state index contributed by atoms with van der Waals surface area (Å²) in [5, 5.41) is 3.47. The predicted molar refractivity (Wildman–Crippen MR) is 73.5 cm³/mol. The summed E-state index contributed by atoms with van der Waals surface area (Å²) in [5.41, 5.74) is 2.51. The minimum absolute atomic E-state index is 0.749. The number of anilines is 1. The Balaban J connectivity index is 2.53. The largest absolute Gasteiger partial charge is 0.416 e. The van der Waals surface area contributed by atoms with Gasteiger partial charge in [0.1, 0.15) is 0 Å². The highest BCUT2D eigenvalue weighted by Crippen LogP contribution is 2.16. The molecule has 1 N–H and O–H groups in total. The molecule has 0 aliphatic carbocycles. The van der Waals surface area contributed by atoms with Gasteiger partial charge in [0.15, 0.2) is 9.04 Å². The van der Waals surface area contributed by atoms with Crippen molar-refractivity contribution in [2.24, 2.45) is 0 Å². The number of rotatable bonds is 7. The van der Waals surface area contributed by atoms with E-state index in [0.717, 1.165) is 13.2 Å². The van der Waals surface area contributed by atoms with Crippen LogP contribution in [-0.4, -0.2) is 15.6 Å². The molecule has 0 amide bonds. The van der Waals surface area contributed by atoms with Crippen LogP contribution in [0.15, 0.2) is 24.3 Å². The maximum absolute atomic E-state index is 5.77. The highest BCUT2D eigenvalue weighted by molar-refractivity contribution is 6.48. The third kappa shape index (κ3) is 4.81. The van der Waals surface area contributed by atoms with Crippen LogP contribution in [0.4, 0.5) is 5.69 Å². The topological polar surface area (TPSA) is 21.3 Å². The smallest absolute Gasteiger partial charge is 0.171 e. The van der Waals surface area contributed by atoms with Crippen molar-refractivity contribution in [2.75, 3.05) is 11.9 Å². The molecule has 0 aromatic heterocycles. The minimum atomic E-state index is -0.922. The van der Waals surface area contributed by atoms with E-state index in [1.165, 1.54) is 24.1 Å². The summed E-state index contributed by atoms with van der Waals surface area (Å²) in [6.45, 7) is 8.41. The van der Waals surface area contributed by atoms with Gasteiger partial charge in [0, 0.05) is 12.2 Å². The molecule has 0 bridgehead atoms. The summed E-state index contributed by atoms with van der Waals surface area (Å²) in [6.07, 6.45) is 2.44. The van der Waals surface area contributed by atoms with Crippen LogP contribution in [0.1, 0.15) is 25.3 Å². The van der Waals surface area contributed by atoms with Crippen molar-refractivity contribution < 1.29 is 4.43 Å². The molecule has 0 heterocycles. The first kappa shape index (κ1) is 13.3. The second kappa shape index (κ2) is 7.47. The average molecular weight is 237 g/mol. The van der Waals surface area contributed by atoms with Gasteiger partial charge in [0.05, 0.1) is 6.61 Å². The molecule has 0 unspecified atom stereocenters. The van der Waals surface area contributed by atoms with Crippen LogP contribution in [-0.2, 0) is 11.0 Å². The van der Waals surface area contributed by atoms with E-state index in [4.69, 9.17) is 4.43 Å². The Morgan fingerprint density at radius 2 is 2.00 bits per heavy atom. The van der Waals surface area contributed by atoms with E-state index in [1.54, 1.807) is 0 Å². The second-order valence-corrected chi connectivity index (χ2v) is 6.73. The van der Waals surface area contributed by atoms with Crippen molar-refractivity contribution in [1.29, 1.82) is 0 Å². The van der Waals surface area contributed by atoms with Gasteiger partial charge in [0.25, 0.3) is 0 Å². The van der Waals surface area contributed by atoms with Gasteiger partial charge in [-0.05, 0) is 31.1 Å². The molecule has 1 aromatic carbocycles. The van der Waals surface area contributed by atoms with Gasteiger partial charge in [-0.25, -0.2) is 0 Å². The lowest BCUT2D eigenvalue weighted by Gasteiger charge is -2.13. The molecule has 90 valence electrons. The third-order valence-electron chi connectivity index (χ3n) is 2.44. The molecule has 16 heavy (non-hydrogen) atoms. The summed E-state index contributed by atoms with van der Waals surface area (Å²) in [7, 11) is -0.922. The van der Waals surface area contributed by atoms with E-state index < -0.39 is 9.04 Å². The van der Waals surface area contributed by atoms with Crippen molar-refractivity contribution in [3.8, 4) is 0 Å². The van der Waals surface area contributed by atoms with Gasteiger partial charge in [-0.1, -0.05) is 31.5 Å². The van der Waals surface area contributed by atoms with Gasteiger partial charge in [-0.15, -0.1) is 0 Å². The minimum Gasteiger partial charge on any atom is -0.416 e. The Morgan fingerprint density at radius 1 is 1.25 bits per heavy atom. The van der Waals surface area contributed by atoms with Gasteiger partial charge < -0.3 is 9.74 Å². The highest BCUT2D eigenvalue weighted by atomic mass is 28.3. The van der Waals surface area contributed by atoms with Crippen LogP contribution >= 0.6 is 0 Å². The van der Waals surface area contributed by atoms with Crippen LogP contribution in [0.5, 0.6) is 0 Å². The first-order valence-corrected chi connectivity index (χ1v) is 8.95. The van der Waals surface area contributed by atoms with Crippen LogP contribution in [0.3, 0.4) is 0 Å². The molecule has 0 saturated carbocycles. The Labute approximate surface area is 101 Å². The van der Waals surface area contributed by atoms with E-state index in [9.17, 15) is 0 Å². The molecular formula is C13H23NOSi. The standard InChI is InChI=1S/C13H23NOSi/c1-4-5-10-14-13-9-7-6-8-12(13)11-15-16(2)3/h6-9,14,16H,4-5,10-11H2,1-3H3. The number of benzene rings is 1. The van der Waals surface area contributed by atoms with Gasteiger partial charge in [-0.3, -0.25) is 0 Å². The van der Waals surface area contributed by atoms with Crippen LogP contribution in [0, 0.1) is 0 Å². The summed E-state index contributed by atoms with van der Waals surface area (Å²) in [5.74, 6) is 0. The summed E-state index contributed by atoms with van der Waals surface area (Å²) < 4.78 is 5.77. The van der Waals surface area contributed by atoms with Crippen molar-refractivity contribution in [3.63, 3.8) is 0 Å². The summed E-state index contributed by atoms with van der Waals surface area (Å²) in [6, 6.07) is 8.43. The zero-order chi connectivity index (χ0) is 11.8. The third-order valence-corrected chi connectivity index (χ3v) is 3.27. The van der Waals surface area contributed by atoms with E-state index >= 15 is 0 Å². The maximum atomic E-state index is 5.77. The molecule has 0 aliphatic heterocycles. The normalized spacial score (nSPS) is 10.8. The fourth-order valence-corrected chi connectivity index (χ4v) is 1.99. The van der Waals surface area contributed by atoms with E-state index in [2.05, 4.69) is 49.6 Å². The van der Waals surface area contributed by atoms with Gasteiger partial charge in [-0.2, -0.15) is 0 Å². The molecule has 0 fully saturated rings. The molecule has 1 rings (SSSR count). The Morgan fingerprint density at radius 3 is 2.69 bits per heavy atom. The number of unbranched alkanes of at least 4 members (excludes halogenated alkanes) is 1. The molecule has 0 spiro atoms. The molecule has 2 nitrogen and oxygen atoms in total. The monoisotopic (exact) mass is 237 g/mol. The Kier molecular flexibility index (Phi) is 6.19. The van der Waals surface area contributed by atoms with Gasteiger partial charge >= 0.3 is 0 Å². The lowest BCUT2D eigenvalue weighted by atomic mass is 10.2. The predicted octanol–water partition coefficient (Wildman–Crippen LogP) is 3.40. The first-order valence-electron chi connectivity index (χ1n) is 6.17. The Bertz CT molecular complexity index is 302. The molecule has 1 aromatic rings. The Hall–Kier alpha value is -0.803. The number of para-hydroxylation sites is 1. The summed E-state index contributed by atoms with van der Waals surface area (Å²) >= 11 is 0. The lowest BCUT2D eigenvalue weighted by molar-refractivity contribution is 0.315. The lowest BCUT2D eigenvalue weighted by Crippen LogP contribution is -2.09. The number of hydrogen-bond acceptors (Lipinski definition) is 2. The number of hydrogen-bond donors (Lipinski definition) is 1. The van der Waals surface area contributed by atoms with E-state index in [1.807, 2.05) is 0 Å². The highest BCUT2D eigenvalue weighted by Gasteiger charge is 2.02. The van der Waals surface area contributed by atoms with Crippen LogP contribution in [0.2, 0.25) is 13.1 Å². The van der Waals surface area contributed by atoms with Crippen molar-refractivity contribution in [3.05, 3.63) is 29.8 Å². The zero-order valence-electron chi connectivity index (χ0n) is 10.6. The zero-order valence-corrected chi connectivity index (χ0v) is 11.8. The molecule has 0 atom stereocenters. The van der Waals surface area contributed by atoms with Crippen molar-refractivity contribution in [1.82, 2.24) is 0 Å². The number of nitrogens with one attached hydrogen (secondary N) is 1. The average Bonchev–Trinajstić information content (AvgIpc) is 2.28. The quantitative estimate of drug-likeness (QED) is 0.580. The molecule has 3 heteroatoms. The summed E-state index contributed by atoms with van der Waals surface area (Å²) in [4.78, 5) is 0. The van der Waals surface area contributed by atoms with Crippen molar-refractivity contribution >= 4 is 14.7 Å². The van der Waals surface area contributed by atoms with Crippen LogP contribution in [0.25, 0.3) is 0 Å². The fourth-order valence-electron chi connectivity index (χ4n) is 1.47.